The summed E-state index contributed by atoms with van der Waals surface area (Å²) in [4.78, 5) is 16.4. The van der Waals surface area contributed by atoms with Crippen molar-refractivity contribution >= 4 is 17.6 Å². The number of aliphatic hydroxyl groups excluding tert-OH is 1. The van der Waals surface area contributed by atoms with Gasteiger partial charge in [0.15, 0.2) is 5.78 Å². The number of hydrogen-bond donors (Lipinski definition) is 2. The molecular weight excluding hydrogens is 342 g/mol. The van der Waals surface area contributed by atoms with Crippen LogP contribution in [0.4, 0.5) is 0 Å². The van der Waals surface area contributed by atoms with Crippen molar-refractivity contribution in [2.75, 3.05) is 13.7 Å². The molecule has 0 bridgehead atoms. The maximum Gasteiger partial charge on any atom is 0.190 e. The number of ketones is 1. The van der Waals surface area contributed by atoms with E-state index in [-0.39, 0.29) is 17.1 Å². The first-order valence-corrected chi connectivity index (χ1v) is 8.65. The molecule has 5 nitrogen and oxygen atoms in total. The van der Waals surface area contributed by atoms with Crippen LogP contribution in [0.1, 0.15) is 32.8 Å². The lowest BCUT2D eigenvalue weighted by Crippen LogP contribution is -2.02. The highest BCUT2D eigenvalue weighted by Crippen LogP contribution is 2.30. The summed E-state index contributed by atoms with van der Waals surface area (Å²) in [6.45, 7) is 10.2. The molecule has 0 heterocycles. The minimum Gasteiger partial charge on any atom is -0.515 e. The lowest BCUT2D eigenvalue weighted by molar-refractivity contribution is -0.111. The summed E-state index contributed by atoms with van der Waals surface area (Å²) >= 11 is 0. The van der Waals surface area contributed by atoms with Crippen LogP contribution in [0.15, 0.2) is 64.9 Å². The fourth-order valence-electron chi connectivity index (χ4n) is 2.20. The molecule has 0 aliphatic heterocycles. The smallest absolute Gasteiger partial charge is 0.190 e. The van der Waals surface area contributed by atoms with Crippen molar-refractivity contribution in [2.24, 2.45) is 4.99 Å². The summed E-state index contributed by atoms with van der Waals surface area (Å²) in [5, 5.41) is 19.3. The number of rotatable bonds is 9. The van der Waals surface area contributed by atoms with Gasteiger partial charge in [0.05, 0.1) is 18.9 Å². The Morgan fingerprint density at radius 2 is 1.93 bits per heavy atom. The quantitative estimate of drug-likeness (QED) is 0.284. The van der Waals surface area contributed by atoms with Gasteiger partial charge in [-0.2, -0.15) is 0 Å². The summed E-state index contributed by atoms with van der Waals surface area (Å²) < 4.78 is 5.17. The summed E-state index contributed by atoms with van der Waals surface area (Å²) in [6.07, 6.45) is 6.21. The number of hydrogen-bond acceptors (Lipinski definition) is 5. The Labute approximate surface area is 160 Å². The van der Waals surface area contributed by atoms with Crippen molar-refractivity contribution in [1.29, 1.82) is 0 Å². The van der Waals surface area contributed by atoms with E-state index in [2.05, 4.69) is 11.6 Å². The van der Waals surface area contributed by atoms with Crippen LogP contribution >= 0.6 is 0 Å². The minimum atomic E-state index is -0.336. The second-order valence-electron chi connectivity index (χ2n) is 6.05. The number of ether oxygens (including phenoxy) is 1. The van der Waals surface area contributed by atoms with Crippen molar-refractivity contribution in [3.8, 4) is 11.5 Å². The normalized spacial score (nSPS) is 13.1. The molecule has 0 aromatic heterocycles. The molecule has 0 radical (unpaired) electrons. The van der Waals surface area contributed by atoms with Crippen LogP contribution in [0.25, 0.3) is 5.57 Å². The summed E-state index contributed by atoms with van der Waals surface area (Å²) in [7, 11) is 1.55. The summed E-state index contributed by atoms with van der Waals surface area (Å²) in [5.41, 5.74) is 2.78. The van der Waals surface area contributed by atoms with Crippen molar-refractivity contribution in [3.63, 3.8) is 0 Å². The molecule has 0 aliphatic carbocycles. The maximum atomic E-state index is 12.3. The van der Waals surface area contributed by atoms with Crippen LogP contribution in [-0.4, -0.2) is 35.9 Å². The third kappa shape index (κ3) is 6.62. The number of benzene rings is 1. The highest BCUT2D eigenvalue weighted by atomic mass is 16.5. The largest absolute Gasteiger partial charge is 0.515 e. The van der Waals surface area contributed by atoms with E-state index in [4.69, 9.17) is 4.74 Å². The molecule has 0 fully saturated rings. The van der Waals surface area contributed by atoms with E-state index in [0.29, 0.717) is 29.0 Å². The Kier molecular flexibility index (Phi) is 8.79. The molecule has 5 heteroatoms. The fraction of sp³-hybridized carbons (Fsp3) is 0.273. The first-order valence-electron chi connectivity index (χ1n) is 8.65. The monoisotopic (exact) mass is 369 g/mol. The average Bonchev–Trinajstić information content (AvgIpc) is 2.65. The molecule has 1 rings (SSSR count). The molecule has 0 atom stereocenters. The van der Waals surface area contributed by atoms with E-state index in [9.17, 15) is 15.0 Å². The van der Waals surface area contributed by atoms with Gasteiger partial charge in [0, 0.05) is 18.3 Å². The van der Waals surface area contributed by atoms with Gasteiger partial charge in [0.25, 0.3) is 0 Å². The number of nitrogens with zero attached hydrogens (tertiary/aromatic N) is 1. The second kappa shape index (κ2) is 10.8. The lowest BCUT2D eigenvalue weighted by Gasteiger charge is -2.09. The predicted molar refractivity (Wildman–Crippen MR) is 111 cm³/mol. The number of aromatic hydroxyl groups is 1. The van der Waals surface area contributed by atoms with Gasteiger partial charge >= 0.3 is 0 Å². The highest BCUT2D eigenvalue weighted by Gasteiger charge is 2.08. The third-order valence-corrected chi connectivity index (χ3v) is 3.92. The van der Waals surface area contributed by atoms with E-state index in [1.165, 1.54) is 12.3 Å². The zero-order chi connectivity index (χ0) is 20.4. The molecule has 27 heavy (non-hydrogen) atoms. The van der Waals surface area contributed by atoms with Crippen molar-refractivity contribution < 1.29 is 19.7 Å². The van der Waals surface area contributed by atoms with Crippen molar-refractivity contribution in [2.45, 2.75) is 27.2 Å². The van der Waals surface area contributed by atoms with E-state index < -0.39 is 0 Å². The van der Waals surface area contributed by atoms with Crippen LogP contribution < -0.4 is 4.74 Å². The number of phenolic OH excluding ortho intramolecular Hbond substituents is 1. The third-order valence-electron chi connectivity index (χ3n) is 3.92. The molecule has 0 saturated heterocycles. The zero-order valence-corrected chi connectivity index (χ0v) is 16.3. The van der Waals surface area contributed by atoms with Gasteiger partial charge in [-0.1, -0.05) is 19.6 Å². The SMILES string of the molecule is C=C(/C=C(C)/C(C)=C/C(=O)/C(C=NCCC)=C\O)c1cc(OC)ccc1O. The zero-order valence-electron chi connectivity index (χ0n) is 16.3. The number of carbonyl (C=O) groups is 1. The molecule has 0 spiro atoms. The first-order chi connectivity index (χ1) is 12.8. The van der Waals surface area contributed by atoms with E-state index >= 15 is 0 Å². The summed E-state index contributed by atoms with van der Waals surface area (Å²) in [5.74, 6) is 0.374. The van der Waals surface area contributed by atoms with Crippen molar-refractivity contribution in [1.82, 2.24) is 0 Å². The summed E-state index contributed by atoms with van der Waals surface area (Å²) in [6, 6.07) is 4.90. The minimum absolute atomic E-state index is 0.0974. The number of aliphatic imine (C=N–C) groups is 1. The lowest BCUT2D eigenvalue weighted by atomic mass is 9.99. The standard InChI is InChI=1S/C22H27NO4/c1-6-9-23-13-18(14-24)22(26)11-16(3)15(2)10-17(4)20-12-19(27-5)7-8-21(20)25/h7-8,10-14,24-25H,4,6,9H2,1-3,5H3/b15-10+,16-11+,18-14-,23-13?. The first kappa shape index (κ1) is 22.0. The fourth-order valence-corrected chi connectivity index (χ4v) is 2.20. The molecule has 0 saturated carbocycles. The molecule has 2 N–H and O–H groups in total. The Morgan fingerprint density at radius 3 is 2.52 bits per heavy atom. The molecule has 0 unspecified atom stereocenters. The van der Waals surface area contributed by atoms with Gasteiger partial charge in [-0.3, -0.25) is 9.79 Å². The van der Waals surface area contributed by atoms with Crippen LogP contribution in [0.5, 0.6) is 11.5 Å². The number of methoxy groups -OCH3 is 1. The number of phenols is 1. The van der Waals surface area contributed by atoms with Gasteiger partial charge < -0.3 is 14.9 Å². The Morgan fingerprint density at radius 1 is 1.26 bits per heavy atom. The molecule has 0 aliphatic rings. The Balaban J connectivity index is 3.02. The maximum absolute atomic E-state index is 12.3. The molecule has 0 amide bonds. The molecule has 1 aromatic rings. The predicted octanol–water partition coefficient (Wildman–Crippen LogP) is 4.80. The topological polar surface area (TPSA) is 79.1 Å². The Hall–Kier alpha value is -3.08. The van der Waals surface area contributed by atoms with Crippen LogP contribution in [-0.2, 0) is 4.79 Å². The Bertz CT molecular complexity index is 814. The van der Waals surface area contributed by atoms with Gasteiger partial charge in [-0.25, -0.2) is 0 Å². The van der Waals surface area contributed by atoms with Gasteiger partial charge in [0.2, 0.25) is 0 Å². The molecule has 144 valence electrons. The van der Waals surface area contributed by atoms with Crippen molar-refractivity contribution in [3.05, 3.63) is 65.5 Å². The van der Waals surface area contributed by atoms with Crippen LogP contribution in [0.2, 0.25) is 0 Å². The van der Waals surface area contributed by atoms with E-state index in [1.54, 1.807) is 38.3 Å². The molecule has 1 aromatic carbocycles. The highest BCUT2D eigenvalue weighted by molar-refractivity contribution is 6.18. The number of allylic oxidation sites excluding steroid dienone is 6. The number of aliphatic hydroxyl groups is 1. The van der Waals surface area contributed by atoms with Gasteiger partial charge in [0.1, 0.15) is 11.5 Å². The van der Waals surface area contributed by atoms with E-state index in [0.717, 1.165) is 18.3 Å². The van der Waals surface area contributed by atoms with E-state index in [1.807, 2.05) is 13.8 Å². The van der Waals surface area contributed by atoms with Crippen LogP contribution in [0.3, 0.4) is 0 Å². The number of carbonyl (C=O) groups excluding carboxylic acids is 1. The average molecular weight is 369 g/mol. The molecular formula is C22H27NO4. The van der Waals surface area contributed by atoms with Gasteiger partial charge in [-0.05, 0) is 61.3 Å². The van der Waals surface area contributed by atoms with Gasteiger partial charge in [-0.15, -0.1) is 0 Å². The second-order valence-corrected chi connectivity index (χ2v) is 6.05. The van der Waals surface area contributed by atoms with Crippen LogP contribution in [0, 0.1) is 0 Å².